The molecule has 1 aliphatic heterocycles. The Labute approximate surface area is 162 Å². The first kappa shape index (κ1) is 21.7. The van der Waals surface area contributed by atoms with Gasteiger partial charge in [-0.05, 0) is 33.1 Å². The molecule has 26 heavy (non-hydrogen) atoms. The largest absolute Gasteiger partial charge is 0.338 e. The molecule has 0 radical (unpaired) electrons. The summed E-state index contributed by atoms with van der Waals surface area (Å²) in [6.45, 7) is 7.65. The van der Waals surface area contributed by atoms with Crippen molar-refractivity contribution >= 4 is 5.91 Å². The highest BCUT2D eigenvalue weighted by Gasteiger charge is 2.40. The minimum absolute atomic E-state index is 0.0517. The predicted molar refractivity (Wildman–Crippen MR) is 111 cm³/mol. The van der Waals surface area contributed by atoms with E-state index in [1.165, 1.54) is 89.9 Å². The van der Waals surface area contributed by atoms with Crippen LogP contribution in [0.3, 0.4) is 0 Å². The average Bonchev–Trinajstić information content (AvgIpc) is 2.69. The van der Waals surface area contributed by atoms with Crippen LogP contribution in [0.2, 0.25) is 0 Å². The number of carbonyl (C=O) groups is 1. The summed E-state index contributed by atoms with van der Waals surface area (Å²) in [5, 5.41) is 3.79. The second-order valence-electron chi connectivity index (χ2n) is 9.43. The molecule has 1 saturated carbocycles. The fourth-order valence-electron chi connectivity index (χ4n) is 4.93. The maximum absolute atomic E-state index is 12.9. The lowest BCUT2D eigenvalue weighted by molar-refractivity contribution is -0.134. The highest BCUT2D eigenvalue weighted by Crippen LogP contribution is 2.30. The Kier molecular flexibility index (Phi) is 9.45. The molecule has 0 aromatic rings. The monoisotopic (exact) mass is 364 g/mol. The molecule has 2 atom stereocenters. The number of rotatable bonds is 11. The highest BCUT2D eigenvalue weighted by atomic mass is 16.2. The molecule has 0 aromatic heterocycles. The van der Waals surface area contributed by atoms with E-state index in [1.807, 2.05) is 0 Å². The molecule has 152 valence electrons. The summed E-state index contributed by atoms with van der Waals surface area (Å²) in [5.74, 6) is 0.382. The molecule has 0 unspecified atom stereocenters. The smallest absolute Gasteiger partial charge is 0.224 e. The predicted octanol–water partition coefficient (Wildman–Crippen LogP) is 5.82. The molecule has 3 heteroatoms. The van der Waals surface area contributed by atoms with Crippen LogP contribution in [0.25, 0.3) is 0 Å². The first-order valence-corrected chi connectivity index (χ1v) is 11.6. The lowest BCUT2D eigenvalue weighted by atomic mass is 9.88. The SMILES string of the molecule is CCCCCCCCCCCCN1C(=O)CC(C)(C)N[C@@H]2CCCC[C@H]21. The van der Waals surface area contributed by atoms with Gasteiger partial charge in [-0.1, -0.05) is 77.6 Å². The molecule has 0 bridgehead atoms. The van der Waals surface area contributed by atoms with Gasteiger partial charge in [0.05, 0.1) is 0 Å². The van der Waals surface area contributed by atoms with Gasteiger partial charge in [-0.15, -0.1) is 0 Å². The van der Waals surface area contributed by atoms with Crippen LogP contribution < -0.4 is 5.32 Å². The van der Waals surface area contributed by atoms with E-state index < -0.39 is 0 Å². The van der Waals surface area contributed by atoms with Crippen LogP contribution in [-0.2, 0) is 4.79 Å². The van der Waals surface area contributed by atoms with Crippen LogP contribution >= 0.6 is 0 Å². The number of fused-ring (bicyclic) bond motifs is 1. The summed E-state index contributed by atoms with van der Waals surface area (Å²) < 4.78 is 0. The maximum Gasteiger partial charge on any atom is 0.224 e. The van der Waals surface area contributed by atoms with Gasteiger partial charge >= 0.3 is 0 Å². The normalized spacial score (nSPS) is 25.8. The van der Waals surface area contributed by atoms with Gasteiger partial charge in [-0.3, -0.25) is 4.79 Å². The van der Waals surface area contributed by atoms with Crippen LogP contribution in [0.5, 0.6) is 0 Å². The zero-order valence-corrected chi connectivity index (χ0v) is 17.8. The third kappa shape index (κ3) is 7.21. The summed E-state index contributed by atoms with van der Waals surface area (Å²) in [7, 11) is 0. The zero-order valence-electron chi connectivity index (χ0n) is 17.8. The average molecular weight is 365 g/mol. The second kappa shape index (κ2) is 11.3. The minimum Gasteiger partial charge on any atom is -0.338 e. The molecular formula is C23H44N2O. The quantitative estimate of drug-likeness (QED) is 0.469. The lowest BCUT2D eigenvalue weighted by Gasteiger charge is -2.39. The van der Waals surface area contributed by atoms with Crippen LogP contribution in [0.15, 0.2) is 0 Å². The standard InChI is InChI=1S/C23H44N2O/c1-4-5-6-7-8-9-10-11-12-15-18-25-21-17-14-13-16-20(21)24-23(2,3)19-22(25)26/h20-21,24H,4-19H2,1-3H3/t20-,21-/m1/s1. The van der Waals surface area contributed by atoms with Crippen molar-refractivity contribution in [3.63, 3.8) is 0 Å². The molecule has 3 nitrogen and oxygen atoms in total. The molecule has 0 aromatic carbocycles. The topological polar surface area (TPSA) is 32.3 Å². The van der Waals surface area contributed by atoms with E-state index in [1.54, 1.807) is 0 Å². The zero-order chi connectivity index (χ0) is 18.8. The molecule has 1 aliphatic carbocycles. The minimum atomic E-state index is -0.0517. The summed E-state index contributed by atoms with van der Waals surface area (Å²) in [5.41, 5.74) is -0.0517. The number of unbranched alkanes of at least 4 members (excludes halogenated alkanes) is 9. The van der Waals surface area contributed by atoms with E-state index in [4.69, 9.17) is 0 Å². The van der Waals surface area contributed by atoms with Crippen molar-refractivity contribution in [2.24, 2.45) is 0 Å². The molecule has 1 N–H and O–H groups in total. The Bertz CT molecular complexity index is 407. The van der Waals surface area contributed by atoms with Crippen molar-refractivity contribution in [1.29, 1.82) is 0 Å². The fraction of sp³-hybridized carbons (Fsp3) is 0.957. The van der Waals surface area contributed by atoms with E-state index in [0.717, 1.165) is 6.54 Å². The van der Waals surface area contributed by atoms with Gasteiger partial charge in [0.2, 0.25) is 5.91 Å². The fourth-order valence-corrected chi connectivity index (χ4v) is 4.93. The van der Waals surface area contributed by atoms with Gasteiger partial charge < -0.3 is 10.2 Å². The number of nitrogens with one attached hydrogen (secondary N) is 1. The summed E-state index contributed by atoms with van der Waals surface area (Å²) in [4.78, 5) is 15.1. The summed E-state index contributed by atoms with van der Waals surface area (Å²) in [6, 6.07) is 0.949. The highest BCUT2D eigenvalue weighted by molar-refractivity contribution is 5.78. The van der Waals surface area contributed by atoms with Crippen molar-refractivity contribution in [2.45, 2.75) is 135 Å². The molecular weight excluding hydrogens is 320 g/mol. The molecule has 2 aliphatic rings. The maximum atomic E-state index is 12.9. The summed E-state index contributed by atoms with van der Waals surface area (Å²) in [6.07, 6.45) is 19.2. The Morgan fingerprint density at radius 1 is 0.923 bits per heavy atom. The summed E-state index contributed by atoms with van der Waals surface area (Å²) >= 11 is 0. The molecule has 2 rings (SSSR count). The van der Waals surface area contributed by atoms with Gasteiger partial charge in [-0.2, -0.15) is 0 Å². The lowest BCUT2D eigenvalue weighted by Crippen LogP contribution is -2.53. The first-order valence-electron chi connectivity index (χ1n) is 11.6. The first-order chi connectivity index (χ1) is 12.5. The van der Waals surface area contributed by atoms with Gasteiger partial charge in [-0.25, -0.2) is 0 Å². The Morgan fingerprint density at radius 3 is 2.15 bits per heavy atom. The van der Waals surface area contributed by atoms with Gasteiger partial charge in [0, 0.05) is 30.6 Å². The molecule has 2 fully saturated rings. The third-order valence-electron chi connectivity index (χ3n) is 6.37. The van der Waals surface area contributed by atoms with Gasteiger partial charge in [0.15, 0.2) is 0 Å². The van der Waals surface area contributed by atoms with Crippen molar-refractivity contribution < 1.29 is 4.79 Å². The Balaban J connectivity index is 1.67. The number of amides is 1. The Hall–Kier alpha value is -0.570. The van der Waals surface area contributed by atoms with Crippen molar-refractivity contribution in [3.05, 3.63) is 0 Å². The third-order valence-corrected chi connectivity index (χ3v) is 6.37. The molecule has 1 heterocycles. The number of hydrogen-bond acceptors (Lipinski definition) is 2. The van der Waals surface area contributed by atoms with E-state index in [-0.39, 0.29) is 5.54 Å². The van der Waals surface area contributed by atoms with Crippen molar-refractivity contribution in [2.75, 3.05) is 6.54 Å². The van der Waals surface area contributed by atoms with Crippen molar-refractivity contribution in [3.8, 4) is 0 Å². The molecule has 1 amide bonds. The van der Waals surface area contributed by atoms with Crippen LogP contribution in [-0.4, -0.2) is 35.0 Å². The van der Waals surface area contributed by atoms with E-state index >= 15 is 0 Å². The van der Waals surface area contributed by atoms with E-state index in [0.29, 0.717) is 24.4 Å². The van der Waals surface area contributed by atoms with Crippen LogP contribution in [0, 0.1) is 0 Å². The van der Waals surface area contributed by atoms with Crippen LogP contribution in [0.4, 0.5) is 0 Å². The van der Waals surface area contributed by atoms with Crippen LogP contribution in [0.1, 0.15) is 117 Å². The van der Waals surface area contributed by atoms with E-state index in [2.05, 4.69) is 31.0 Å². The molecule has 0 spiro atoms. The van der Waals surface area contributed by atoms with Crippen molar-refractivity contribution in [1.82, 2.24) is 10.2 Å². The van der Waals surface area contributed by atoms with Gasteiger partial charge in [0.1, 0.15) is 0 Å². The Morgan fingerprint density at radius 2 is 1.50 bits per heavy atom. The van der Waals surface area contributed by atoms with Gasteiger partial charge in [0.25, 0.3) is 0 Å². The second-order valence-corrected chi connectivity index (χ2v) is 9.43. The number of carbonyl (C=O) groups excluding carboxylic acids is 1. The van der Waals surface area contributed by atoms with E-state index in [9.17, 15) is 4.79 Å². The number of hydrogen-bond donors (Lipinski definition) is 1. The molecule has 1 saturated heterocycles. The number of nitrogens with zero attached hydrogens (tertiary/aromatic N) is 1.